The van der Waals surface area contributed by atoms with Crippen molar-refractivity contribution in [3.8, 4) is 11.5 Å². The average Bonchev–Trinajstić information content (AvgIpc) is 2.52. The first-order valence-electron chi connectivity index (χ1n) is 6.34. The molecule has 0 aliphatic carbocycles. The Kier molecular flexibility index (Phi) is 4.72. The van der Waals surface area contributed by atoms with Crippen molar-refractivity contribution >= 4 is 11.9 Å². The summed E-state index contributed by atoms with van der Waals surface area (Å²) in [5.41, 5.74) is 0.812. The number of rotatable bonds is 5. The Bertz CT molecular complexity index is 677. The van der Waals surface area contributed by atoms with Crippen molar-refractivity contribution in [2.45, 2.75) is 0 Å². The Balaban J connectivity index is 2.19. The van der Waals surface area contributed by atoms with Crippen molar-refractivity contribution < 1.29 is 18.7 Å². The minimum atomic E-state index is -0.602. The van der Waals surface area contributed by atoms with E-state index in [0.717, 1.165) is 5.56 Å². The van der Waals surface area contributed by atoms with Gasteiger partial charge in [-0.05, 0) is 35.9 Å². The molecule has 2 rings (SSSR count). The number of hydrogen-bond acceptors (Lipinski definition) is 3. The zero-order chi connectivity index (χ0) is 15.2. The van der Waals surface area contributed by atoms with Gasteiger partial charge in [0.15, 0.2) is 5.78 Å². The van der Waals surface area contributed by atoms with E-state index in [4.69, 9.17) is 9.47 Å². The number of ether oxygens (including phenoxy) is 2. The van der Waals surface area contributed by atoms with E-state index in [1.165, 1.54) is 25.3 Å². The molecule has 108 valence electrons. The molecule has 0 amide bonds. The van der Waals surface area contributed by atoms with Gasteiger partial charge in [-0.2, -0.15) is 0 Å². The lowest BCUT2D eigenvalue weighted by atomic mass is 10.1. The molecular weight excluding hydrogens is 271 g/mol. The van der Waals surface area contributed by atoms with E-state index >= 15 is 0 Å². The highest BCUT2D eigenvalue weighted by Gasteiger charge is 2.09. The molecule has 0 N–H and O–H groups in total. The SMILES string of the molecule is COc1cccc(/C=C/C(=O)c2ccc(OC)cc2F)c1. The molecule has 2 aromatic carbocycles. The Hall–Kier alpha value is -2.62. The summed E-state index contributed by atoms with van der Waals surface area (Å²) in [7, 11) is 3.01. The summed E-state index contributed by atoms with van der Waals surface area (Å²) in [4.78, 5) is 12.0. The summed E-state index contributed by atoms with van der Waals surface area (Å²) >= 11 is 0. The predicted molar refractivity (Wildman–Crippen MR) is 79.3 cm³/mol. The average molecular weight is 286 g/mol. The van der Waals surface area contributed by atoms with Crippen molar-refractivity contribution in [3.05, 3.63) is 65.5 Å². The molecule has 0 aliphatic rings. The summed E-state index contributed by atoms with van der Waals surface area (Å²) < 4.78 is 23.8. The minimum Gasteiger partial charge on any atom is -0.497 e. The van der Waals surface area contributed by atoms with Gasteiger partial charge in [0.2, 0.25) is 0 Å². The quantitative estimate of drug-likeness (QED) is 0.620. The van der Waals surface area contributed by atoms with Gasteiger partial charge in [-0.3, -0.25) is 4.79 Å². The first kappa shape index (κ1) is 14.8. The lowest BCUT2D eigenvalue weighted by Crippen LogP contribution is -1.99. The molecule has 0 saturated carbocycles. The lowest BCUT2D eigenvalue weighted by molar-refractivity contribution is 0.104. The maximum Gasteiger partial charge on any atom is 0.188 e. The Morgan fingerprint density at radius 2 is 1.76 bits per heavy atom. The number of carbonyl (C=O) groups is 1. The molecule has 4 heteroatoms. The van der Waals surface area contributed by atoms with Gasteiger partial charge in [-0.15, -0.1) is 0 Å². The maximum absolute atomic E-state index is 13.8. The molecule has 3 nitrogen and oxygen atoms in total. The smallest absolute Gasteiger partial charge is 0.188 e. The maximum atomic E-state index is 13.8. The second-order valence-corrected chi connectivity index (χ2v) is 4.32. The van der Waals surface area contributed by atoms with Crippen LogP contribution in [0.5, 0.6) is 11.5 Å². The van der Waals surface area contributed by atoms with Gasteiger partial charge < -0.3 is 9.47 Å². The number of hydrogen-bond donors (Lipinski definition) is 0. The molecule has 0 fully saturated rings. The van der Waals surface area contributed by atoms with Gasteiger partial charge in [0.05, 0.1) is 19.8 Å². The van der Waals surface area contributed by atoms with Gasteiger partial charge >= 0.3 is 0 Å². The van der Waals surface area contributed by atoms with E-state index in [1.807, 2.05) is 18.2 Å². The Morgan fingerprint density at radius 1 is 1.05 bits per heavy atom. The summed E-state index contributed by atoms with van der Waals surface area (Å²) in [6, 6.07) is 11.4. The molecule has 0 aliphatic heterocycles. The first-order chi connectivity index (χ1) is 10.1. The molecule has 2 aromatic rings. The van der Waals surface area contributed by atoms with Crippen LogP contribution in [0.3, 0.4) is 0 Å². The van der Waals surface area contributed by atoms with E-state index in [2.05, 4.69) is 0 Å². The fourth-order valence-electron chi connectivity index (χ4n) is 1.83. The van der Waals surface area contributed by atoms with Crippen molar-refractivity contribution in [1.29, 1.82) is 0 Å². The van der Waals surface area contributed by atoms with Gasteiger partial charge in [-0.1, -0.05) is 18.2 Å². The largest absolute Gasteiger partial charge is 0.497 e. The van der Waals surface area contributed by atoms with E-state index in [-0.39, 0.29) is 5.56 Å². The Morgan fingerprint density at radius 3 is 2.43 bits per heavy atom. The number of methoxy groups -OCH3 is 2. The Labute approximate surface area is 122 Å². The summed E-state index contributed by atoms with van der Waals surface area (Å²) in [6.45, 7) is 0. The number of allylic oxidation sites excluding steroid dienone is 1. The first-order valence-corrected chi connectivity index (χ1v) is 6.34. The molecule has 0 bridgehead atoms. The van der Waals surface area contributed by atoms with Gasteiger partial charge in [-0.25, -0.2) is 4.39 Å². The van der Waals surface area contributed by atoms with Gasteiger partial charge in [0.1, 0.15) is 17.3 Å². The van der Waals surface area contributed by atoms with E-state index in [9.17, 15) is 9.18 Å². The third-order valence-electron chi connectivity index (χ3n) is 2.96. The normalized spacial score (nSPS) is 10.6. The summed E-state index contributed by atoms with van der Waals surface area (Å²) in [6.07, 6.45) is 2.95. The molecule has 0 unspecified atom stereocenters. The van der Waals surface area contributed by atoms with Crippen LogP contribution in [0.15, 0.2) is 48.5 Å². The third-order valence-corrected chi connectivity index (χ3v) is 2.96. The zero-order valence-electron chi connectivity index (χ0n) is 11.8. The summed E-state index contributed by atoms with van der Waals surface area (Å²) in [5.74, 6) is 0.0636. The molecule has 0 atom stereocenters. The predicted octanol–water partition coefficient (Wildman–Crippen LogP) is 3.74. The van der Waals surface area contributed by atoms with Crippen LogP contribution in [0.4, 0.5) is 4.39 Å². The molecule has 0 spiro atoms. The topological polar surface area (TPSA) is 35.5 Å². The standard InChI is InChI=1S/C17H15FO3/c1-20-13-5-3-4-12(10-13)6-9-17(19)15-8-7-14(21-2)11-16(15)18/h3-11H,1-2H3/b9-6+. The molecule has 0 saturated heterocycles. The highest BCUT2D eigenvalue weighted by Crippen LogP contribution is 2.18. The highest BCUT2D eigenvalue weighted by molar-refractivity contribution is 6.07. The fourth-order valence-corrected chi connectivity index (χ4v) is 1.83. The van der Waals surface area contributed by atoms with Crippen LogP contribution in [0.25, 0.3) is 6.08 Å². The minimum absolute atomic E-state index is 0.00921. The van der Waals surface area contributed by atoms with E-state index < -0.39 is 11.6 Å². The lowest BCUT2D eigenvalue weighted by Gasteiger charge is -2.03. The van der Waals surface area contributed by atoms with Crippen LogP contribution in [0.1, 0.15) is 15.9 Å². The zero-order valence-corrected chi connectivity index (χ0v) is 11.8. The summed E-state index contributed by atoms with van der Waals surface area (Å²) in [5, 5.41) is 0. The number of halogens is 1. The van der Waals surface area contributed by atoms with Crippen LogP contribution < -0.4 is 9.47 Å². The van der Waals surface area contributed by atoms with E-state index in [0.29, 0.717) is 11.5 Å². The second kappa shape index (κ2) is 6.70. The highest BCUT2D eigenvalue weighted by atomic mass is 19.1. The molecule has 0 aromatic heterocycles. The molecule has 21 heavy (non-hydrogen) atoms. The fraction of sp³-hybridized carbons (Fsp3) is 0.118. The molecule has 0 radical (unpaired) electrons. The van der Waals surface area contributed by atoms with Crippen LogP contribution in [0.2, 0.25) is 0 Å². The van der Waals surface area contributed by atoms with Crippen molar-refractivity contribution in [3.63, 3.8) is 0 Å². The van der Waals surface area contributed by atoms with Crippen LogP contribution >= 0.6 is 0 Å². The van der Waals surface area contributed by atoms with E-state index in [1.54, 1.807) is 25.3 Å². The van der Waals surface area contributed by atoms with Gasteiger partial charge in [0, 0.05) is 6.07 Å². The molecular formula is C17H15FO3. The van der Waals surface area contributed by atoms with Gasteiger partial charge in [0.25, 0.3) is 0 Å². The number of carbonyl (C=O) groups excluding carboxylic acids is 1. The number of ketones is 1. The van der Waals surface area contributed by atoms with Crippen LogP contribution in [-0.4, -0.2) is 20.0 Å². The van der Waals surface area contributed by atoms with Crippen LogP contribution in [0, 0.1) is 5.82 Å². The second-order valence-electron chi connectivity index (χ2n) is 4.32. The number of benzene rings is 2. The third kappa shape index (κ3) is 3.69. The monoisotopic (exact) mass is 286 g/mol. The van der Waals surface area contributed by atoms with Crippen LogP contribution in [-0.2, 0) is 0 Å². The van der Waals surface area contributed by atoms with Crippen molar-refractivity contribution in [2.75, 3.05) is 14.2 Å². The van der Waals surface area contributed by atoms with Crippen molar-refractivity contribution in [2.24, 2.45) is 0 Å². The molecule has 0 heterocycles. The van der Waals surface area contributed by atoms with Crippen molar-refractivity contribution in [1.82, 2.24) is 0 Å².